The maximum Gasteiger partial charge on any atom is 0.416 e. The number of aromatic nitrogens is 3. The number of alkyl halides is 6. The van der Waals surface area contributed by atoms with Crippen molar-refractivity contribution in [1.29, 1.82) is 0 Å². The standard InChI is InChI=1S/C25H15F6N3O2/c26-24(27,28)17-10-14(11-18(13-17)25(29,30)31)12-19-20(23(35)36)21(15-4-2-1-3-5-15)34-22(33-19)16-6-8-32-9-7-16/h1-11,13H,12H2,(H,35,36). The Morgan fingerprint density at radius 1 is 0.778 bits per heavy atom. The summed E-state index contributed by atoms with van der Waals surface area (Å²) in [5.41, 5.74) is -3.29. The number of benzene rings is 2. The minimum atomic E-state index is -5.05. The molecule has 4 aromatic rings. The van der Waals surface area contributed by atoms with E-state index >= 15 is 0 Å². The molecule has 0 bridgehead atoms. The number of aromatic carboxylic acids is 1. The van der Waals surface area contributed by atoms with Crippen molar-refractivity contribution in [2.24, 2.45) is 0 Å². The molecule has 0 fully saturated rings. The molecule has 0 saturated carbocycles. The van der Waals surface area contributed by atoms with Crippen molar-refractivity contribution in [3.63, 3.8) is 0 Å². The first kappa shape index (κ1) is 24.8. The van der Waals surface area contributed by atoms with Crippen molar-refractivity contribution in [3.8, 4) is 22.6 Å². The number of rotatable bonds is 5. The fourth-order valence-electron chi connectivity index (χ4n) is 3.61. The van der Waals surface area contributed by atoms with Gasteiger partial charge in [0.15, 0.2) is 5.82 Å². The molecule has 0 aliphatic heterocycles. The van der Waals surface area contributed by atoms with Crippen molar-refractivity contribution < 1.29 is 36.2 Å². The van der Waals surface area contributed by atoms with E-state index in [4.69, 9.17) is 0 Å². The molecule has 1 N–H and O–H groups in total. The third-order valence-electron chi connectivity index (χ3n) is 5.20. The van der Waals surface area contributed by atoms with E-state index in [1.54, 1.807) is 42.5 Å². The molecule has 11 heteroatoms. The summed E-state index contributed by atoms with van der Waals surface area (Å²) in [6.45, 7) is 0. The molecule has 5 nitrogen and oxygen atoms in total. The van der Waals surface area contributed by atoms with Crippen LogP contribution in [0.4, 0.5) is 26.3 Å². The third kappa shape index (κ3) is 5.35. The van der Waals surface area contributed by atoms with Crippen LogP contribution in [0.5, 0.6) is 0 Å². The summed E-state index contributed by atoms with van der Waals surface area (Å²) >= 11 is 0. The van der Waals surface area contributed by atoms with Crippen molar-refractivity contribution >= 4 is 5.97 Å². The molecule has 0 spiro atoms. The van der Waals surface area contributed by atoms with Gasteiger partial charge in [0.25, 0.3) is 0 Å². The summed E-state index contributed by atoms with van der Waals surface area (Å²) < 4.78 is 80.2. The largest absolute Gasteiger partial charge is 0.478 e. The lowest BCUT2D eigenvalue weighted by Gasteiger charge is -2.16. The summed E-state index contributed by atoms with van der Waals surface area (Å²) in [6.07, 6.45) is -7.83. The van der Waals surface area contributed by atoms with Crippen molar-refractivity contribution in [2.75, 3.05) is 0 Å². The van der Waals surface area contributed by atoms with Gasteiger partial charge in [-0.05, 0) is 35.9 Å². The molecule has 184 valence electrons. The van der Waals surface area contributed by atoms with E-state index in [1.807, 2.05) is 0 Å². The highest BCUT2D eigenvalue weighted by Gasteiger charge is 2.37. The van der Waals surface area contributed by atoms with Gasteiger partial charge in [-0.2, -0.15) is 26.3 Å². The average molecular weight is 503 g/mol. The summed E-state index contributed by atoms with van der Waals surface area (Å²) in [5, 5.41) is 9.96. The minimum Gasteiger partial charge on any atom is -0.478 e. The van der Waals surface area contributed by atoms with Gasteiger partial charge in [-0.3, -0.25) is 4.98 Å². The Balaban J connectivity index is 1.96. The van der Waals surface area contributed by atoms with Crippen LogP contribution < -0.4 is 0 Å². The summed E-state index contributed by atoms with van der Waals surface area (Å²) in [7, 11) is 0. The van der Waals surface area contributed by atoms with Crippen LogP contribution in [0.3, 0.4) is 0 Å². The Kier molecular flexibility index (Phi) is 6.49. The molecule has 0 radical (unpaired) electrons. The molecule has 0 atom stereocenters. The zero-order chi connectivity index (χ0) is 26.1. The fourth-order valence-corrected chi connectivity index (χ4v) is 3.61. The second-order valence-corrected chi connectivity index (χ2v) is 7.72. The van der Waals surface area contributed by atoms with E-state index < -0.39 is 47.0 Å². The van der Waals surface area contributed by atoms with Gasteiger partial charge in [-0.1, -0.05) is 30.3 Å². The van der Waals surface area contributed by atoms with E-state index in [0.29, 0.717) is 23.3 Å². The van der Waals surface area contributed by atoms with Gasteiger partial charge in [0.2, 0.25) is 0 Å². The Morgan fingerprint density at radius 2 is 1.36 bits per heavy atom. The molecule has 0 saturated heterocycles. The number of halogens is 6. The number of carboxylic acids is 1. The van der Waals surface area contributed by atoms with E-state index in [2.05, 4.69) is 15.0 Å². The molecule has 4 rings (SSSR count). The van der Waals surface area contributed by atoms with Crippen LogP contribution in [0.1, 0.15) is 32.7 Å². The molecule has 2 aromatic heterocycles. The van der Waals surface area contributed by atoms with Crippen LogP contribution in [-0.2, 0) is 18.8 Å². The first-order valence-corrected chi connectivity index (χ1v) is 10.3. The van der Waals surface area contributed by atoms with Crippen LogP contribution in [0.15, 0.2) is 73.1 Å². The molecule has 2 heterocycles. The predicted octanol–water partition coefficient (Wildman–Crippen LogP) is 6.53. The van der Waals surface area contributed by atoms with Crippen LogP contribution >= 0.6 is 0 Å². The van der Waals surface area contributed by atoms with Crippen LogP contribution in [0.25, 0.3) is 22.6 Å². The summed E-state index contributed by atoms with van der Waals surface area (Å²) in [5.74, 6) is -1.44. The molecule has 0 unspecified atom stereocenters. The SMILES string of the molecule is O=C(O)c1c(Cc2cc(C(F)(F)F)cc(C(F)(F)F)c2)nc(-c2ccncc2)nc1-c1ccccc1. The van der Waals surface area contributed by atoms with Gasteiger partial charge < -0.3 is 5.11 Å². The third-order valence-corrected chi connectivity index (χ3v) is 5.20. The van der Waals surface area contributed by atoms with E-state index in [-0.39, 0.29) is 23.3 Å². The van der Waals surface area contributed by atoms with Crippen molar-refractivity contribution in [3.05, 3.63) is 101 Å². The van der Waals surface area contributed by atoms with Crippen LogP contribution in [-0.4, -0.2) is 26.0 Å². The number of hydrogen-bond donors (Lipinski definition) is 1. The highest BCUT2D eigenvalue weighted by molar-refractivity contribution is 5.96. The minimum absolute atomic E-state index is 0.0133. The number of carboxylic acid groups (broad SMARTS) is 1. The molecule has 2 aromatic carbocycles. The Bertz CT molecular complexity index is 1370. The van der Waals surface area contributed by atoms with Gasteiger partial charge in [0.05, 0.1) is 22.5 Å². The summed E-state index contributed by atoms with van der Waals surface area (Å²) in [6, 6.07) is 12.3. The average Bonchev–Trinajstić information content (AvgIpc) is 2.83. The predicted molar refractivity (Wildman–Crippen MR) is 117 cm³/mol. The monoisotopic (exact) mass is 503 g/mol. The fraction of sp³-hybridized carbons (Fsp3) is 0.120. The zero-order valence-corrected chi connectivity index (χ0v) is 18.1. The molecule has 0 aliphatic carbocycles. The second-order valence-electron chi connectivity index (χ2n) is 7.72. The van der Waals surface area contributed by atoms with Crippen LogP contribution in [0, 0.1) is 0 Å². The summed E-state index contributed by atoms with van der Waals surface area (Å²) in [4.78, 5) is 24.8. The number of carbonyl (C=O) groups is 1. The Labute approximate surface area is 200 Å². The first-order valence-electron chi connectivity index (χ1n) is 10.3. The highest BCUT2D eigenvalue weighted by Crippen LogP contribution is 2.37. The van der Waals surface area contributed by atoms with Gasteiger partial charge in [-0.15, -0.1) is 0 Å². The van der Waals surface area contributed by atoms with Gasteiger partial charge in [-0.25, -0.2) is 14.8 Å². The van der Waals surface area contributed by atoms with E-state index in [0.717, 1.165) is 0 Å². The Hall–Kier alpha value is -4.28. The van der Waals surface area contributed by atoms with Gasteiger partial charge in [0, 0.05) is 29.9 Å². The van der Waals surface area contributed by atoms with Crippen molar-refractivity contribution in [1.82, 2.24) is 15.0 Å². The van der Waals surface area contributed by atoms with Crippen molar-refractivity contribution in [2.45, 2.75) is 18.8 Å². The number of hydrogen-bond acceptors (Lipinski definition) is 4. The maximum absolute atomic E-state index is 13.4. The highest BCUT2D eigenvalue weighted by atomic mass is 19.4. The van der Waals surface area contributed by atoms with E-state index in [1.165, 1.54) is 12.4 Å². The smallest absolute Gasteiger partial charge is 0.416 e. The van der Waals surface area contributed by atoms with Gasteiger partial charge in [0.1, 0.15) is 5.56 Å². The topological polar surface area (TPSA) is 76.0 Å². The molecule has 0 aliphatic rings. The quantitative estimate of drug-likeness (QED) is 0.314. The van der Waals surface area contributed by atoms with E-state index in [9.17, 15) is 36.2 Å². The van der Waals surface area contributed by atoms with Gasteiger partial charge >= 0.3 is 18.3 Å². The normalized spacial score (nSPS) is 11.9. The molecular formula is C25H15F6N3O2. The number of pyridine rings is 1. The van der Waals surface area contributed by atoms with Crippen LogP contribution in [0.2, 0.25) is 0 Å². The molecule has 0 amide bonds. The lowest BCUT2D eigenvalue weighted by Crippen LogP contribution is -2.14. The zero-order valence-electron chi connectivity index (χ0n) is 18.1. The second kappa shape index (κ2) is 9.40. The maximum atomic E-state index is 13.4. The Morgan fingerprint density at radius 3 is 1.89 bits per heavy atom. The first-order chi connectivity index (χ1) is 16.9. The molecular weight excluding hydrogens is 488 g/mol. The lowest BCUT2D eigenvalue weighted by molar-refractivity contribution is -0.143. The number of nitrogens with zero attached hydrogens (tertiary/aromatic N) is 3. The lowest BCUT2D eigenvalue weighted by atomic mass is 9.97. The molecule has 36 heavy (non-hydrogen) atoms.